The number of hydrogen-bond acceptors (Lipinski definition) is 1. The summed E-state index contributed by atoms with van der Waals surface area (Å²) in [4.78, 5) is 3.45. The van der Waals surface area contributed by atoms with Gasteiger partial charge in [0, 0.05) is 11.8 Å². The van der Waals surface area contributed by atoms with Gasteiger partial charge in [0.25, 0.3) is 0 Å². The van der Waals surface area contributed by atoms with Gasteiger partial charge in [-0.2, -0.15) is 26.3 Å². The SMILES string of the molecule is FC(F)(F)c1cnc(-c2ccccc2C(F)(F)F)cc1Cl. The van der Waals surface area contributed by atoms with Crippen LogP contribution in [0.4, 0.5) is 26.3 Å². The summed E-state index contributed by atoms with van der Waals surface area (Å²) in [5.41, 5.74) is -2.80. The average molecular weight is 326 g/mol. The van der Waals surface area contributed by atoms with Gasteiger partial charge in [0.05, 0.1) is 21.8 Å². The fourth-order valence-electron chi connectivity index (χ4n) is 1.74. The first-order valence-electron chi connectivity index (χ1n) is 5.50. The monoisotopic (exact) mass is 325 g/mol. The molecule has 0 unspecified atom stereocenters. The van der Waals surface area contributed by atoms with Crippen LogP contribution in [0.3, 0.4) is 0 Å². The van der Waals surface area contributed by atoms with E-state index in [2.05, 4.69) is 4.98 Å². The summed E-state index contributed by atoms with van der Waals surface area (Å²) in [7, 11) is 0. The molecule has 0 radical (unpaired) electrons. The largest absolute Gasteiger partial charge is 0.419 e. The number of halogens is 7. The minimum Gasteiger partial charge on any atom is -0.256 e. The molecular formula is C13H6ClF6N. The van der Waals surface area contributed by atoms with Crippen LogP contribution < -0.4 is 0 Å². The first-order chi connectivity index (χ1) is 9.60. The first-order valence-corrected chi connectivity index (χ1v) is 5.88. The maximum atomic E-state index is 12.9. The number of benzene rings is 1. The average Bonchev–Trinajstić information content (AvgIpc) is 2.36. The van der Waals surface area contributed by atoms with Crippen molar-refractivity contribution in [3.63, 3.8) is 0 Å². The van der Waals surface area contributed by atoms with Gasteiger partial charge in [-0.05, 0) is 12.1 Å². The molecule has 0 saturated carbocycles. The second-order valence-corrected chi connectivity index (χ2v) is 4.50. The van der Waals surface area contributed by atoms with Crippen LogP contribution in [0, 0.1) is 0 Å². The summed E-state index contributed by atoms with van der Waals surface area (Å²) >= 11 is 5.49. The van der Waals surface area contributed by atoms with Crippen LogP contribution in [0.15, 0.2) is 36.5 Å². The predicted molar refractivity (Wildman–Crippen MR) is 64.7 cm³/mol. The zero-order valence-corrected chi connectivity index (χ0v) is 10.8. The van der Waals surface area contributed by atoms with Gasteiger partial charge in [-0.25, -0.2) is 0 Å². The Morgan fingerprint density at radius 3 is 1.95 bits per heavy atom. The molecule has 0 saturated heterocycles. The van der Waals surface area contributed by atoms with Crippen molar-refractivity contribution in [1.29, 1.82) is 0 Å². The molecular weight excluding hydrogens is 320 g/mol. The van der Waals surface area contributed by atoms with Crippen molar-refractivity contribution in [3.8, 4) is 11.3 Å². The van der Waals surface area contributed by atoms with E-state index in [9.17, 15) is 26.3 Å². The van der Waals surface area contributed by atoms with E-state index >= 15 is 0 Å². The van der Waals surface area contributed by atoms with E-state index in [0.29, 0.717) is 6.20 Å². The Bertz CT molecular complexity index is 662. The van der Waals surface area contributed by atoms with E-state index < -0.39 is 28.5 Å². The van der Waals surface area contributed by atoms with E-state index in [1.165, 1.54) is 12.1 Å². The van der Waals surface area contributed by atoms with Gasteiger partial charge in [-0.15, -0.1) is 0 Å². The molecule has 0 aliphatic heterocycles. The third-order valence-electron chi connectivity index (χ3n) is 2.67. The van der Waals surface area contributed by atoms with Crippen molar-refractivity contribution in [3.05, 3.63) is 52.7 Å². The molecule has 1 nitrogen and oxygen atoms in total. The highest BCUT2D eigenvalue weighted by molar-refractivity contribution is 6.31. The quantitative estimate of drug-likeness (QED) is 0.636. The second-order valence-electron chi connectivity index (χ2n) is 4.09. The number of alkyl halides is 6. The highest BCUT2D eigenvalue weighted by Crippen LogP contribution is 2.39. The molecule has 0 fully saturated rings. The highest BCUT2D eigenvalue weighted by Gasteiger charge is 2.36. The van der Waals surface area contributed by atoms with E-state index in [1.54, 1.807) is 0 Å². The molecule has 1 aromatic carbocycles. The fraction of sp³-hybridized carbons (Fsp3) is 0.154. The lowest BCUT2D eigenvalue weighted by molar-refractivity contribution is -0.138. The van der Waals surface area contributed by atoms with E-state index in [4.69, 9.17) is 11.6 Å². The van der Waals surface area contributed by atoms with Crippen molar-refractivity contribution in [1.82, 2.24) is 4.98 Å². The molecule has 0 amide bonds. The summed E-state index contributed by atoms with van der Waals surface area (Å²) in [6.07, 6.45) is -8.94. The van der Waals surface area contributed by atoms with Gasteiger partial charge in [0.1, 0.15) is 0 Å². The van der Waals surface area contributed by atoms with Gasteiger partial charge in [0.2, 0.25) is 0 Å². The van der Waals surface area contributed by atoms with E-state index in [-0.39, 0.29) is 11.3 Å². The number of aromatic nitrogens is 1. The smallest absolute Gasteiger partial charge is 0.256 e. The molecule has 0 N–H and O–H groups in total. The Balaban J connectivity index is 2.57. The van der Waals surface area contributed by atoms with Crippen LogP contribution in [-0.4, -0.2) is 4.98 Å². The molecule has 1 heterocycles. The van der Waals surface area contributed by atoms with Gasteiger partial charge in [-0.3, -0.25) is 4.98 Å². The van der Waals surface area contributed by atoms with E-state index in [1.807, 2.05) is 0 Å². The van der Waals surface area contributed by atoms with Crippen LogP contribution in [0.2, 0.25) is 5.02 Å². The van der Waals surface area contributed by atoms with Crippen molar-refractivity contribution in [2.75, 3.05) is 0 Å². The van der Waals surface area contributed by atoms with Crippen molar-refractivity contribution >= 4 is 11.6 Å². The second kappa shape index (κ2) is 5.22. The molecule has 112 valence electrons. The lowest BCUT2D eigenvalue weighted by Crippen LogP contribution is -2.09. The summed E-state index contributed by atoms with van der Waals surface area (Å²) in [6, 6.07) is 5.22. The third-order valence-corrected chi connectivity index (χ3v) is 2.98. The summed E-state index contributed by atoms with van der Waals surface area (Å²) in [5, 5.41) is -0.704. The number of pyridine rings is 1. The first kappa shape index (κ1) is 15.6. The maximum absolute atomic E-state index is 12.9. The molecule has 0 aliphatic carbocycles. The minimum atomic E-state index is -4.72. The molecule has 21 heavy (non-hydrogen) atoms. The Hall–Kier alpha value is -1.76. The Morgan fingerprint density at radius 2 is 1.43 bits per heavy atom. The van der Waals surface area contributed by atoms with Crippen LogP contribution >= 0.6 is 11.6 Å². The topological polar surface area (TPSA) is 12.9 Å². The van der Waals surface area contributed by atoms with Crippen LogP contribution in [-0.2, 0) is 12.4 Å². The van der Waals surface area contributed by atoms with Crippen LogP contribution in [0.1, 0.15) is 11.1 Å². The maximum Gasteiger partial charge on any atom is 0.419 e. The van der Waals surface area contributed by atoms with Gasteiger partial charge < -0.3 is 0 Å². The standard InChI is InChI=1S/C13H6ClF6N/c14-10-5-11(21-6-9(10)13(18,19)20)7-3-1-2-4-8(7)12(15,16)17/h1-6H. The van der Waals surface area contributed by atoms with Crippen molar-refractivity contribution in [2.45, 2.75) is 12.4 Å². The number of nitrogens with zero attached hydrogens (tertiary/aromatic N) is 1. The molecule has 0 aliphatic rings. The molecule has 0 spiro atoms. The highest BCUT2D eigenvalue weighted by atomic mass is 35.5. The minimum absolute atomic E-state index is 0.277. The predicted octanol–water partition coefficient (Wildman–Crippen LogP) is 5.44. The van der Waals surface area contributed by atoms with E-state index in [0.717, 1.165) is 18.2 Å². The van der Waals surface area contributed by atoms with Crippen LogP contribution in [0.25, 0.3) is 11.3 Å². The normalized spacial score (nSPS) is 12.5. The lowest BCUT2D eigenvalue weighted by Gasteiger charge is -2.14. The van der Waals surface area contributed by atoms with Crippen LogP contribution in [0.5, 0.6) is 0 Å². The Kier molecular flexibility index (Phi) is 3.88. The molecule has 2 aromatic rings. The fourth-order valence-corrected chi connectivity index (χ4v) is 2.00. The molecule has 0 atom stereocenters. The number of hydrogen-bond donors (Lipinski definition) is 0. The third kappa shape index (κ3) is 3.29. The zero-order valence-electron chi connectivity index (χ0n) is 10.1. The van der Waals surface area contributed by atoms with Crippen molar-refractivity contribution in [2.24, 2.45) is 0 Å². The molecule has 0 bridgehead atoms. The number of rotatable bonds is 1. The summed E-state index contributed by atoms with van der Waals surface area (Å²) in [5.74, 6) is 0. The summed E-state index contributed by atoms with van der Waals surface area (Å²) < 4.78 is 76.2. The Labute approximate surface area is 120 Å². The van der Waals surface area contributed by atoms with Crippen molar-refractivity contribution < 1.29 is 26.3 Å². The summed E-state index contributed by atoms with van der Waals surface area (Å²) in [6.45, 7) is 0. The Morgan fingerprint density at radius 1 is 0.857 bits per heavy atom. The van der Waals surface area contributed by atoms with Gasteiger partial charge in [0.15, 0.2) is 0 Å². The molecule has 2 rings (SSSR count). The molecule has 8 heteroatoms. The zero-order chi connectivity index (χ0) is 15.8. The lowest BCUT2D eigenvalue weighted by atomic mass is 10.0. The van der Waals surface area contributed by atoms with Gasteiger partial charge in [-0.1, -0.05) is 29.8 Å². The molecule has 1 aromatic heterocycles. The van der Waals surface area contributed by atoms with Gasteiger partial charge >= 0.3 is 12.4 Å².